The third-order valence-electron chi connectivity index (χ3n) is 2.44. The minimum atomic E-state index is -0.347. The van der Waals surface area contributed by atoms with Crippen LogP contribution in [-0.2, 0) is 6.54 Å². The van der Waals surface area contributed by atoms with Crippen LogP contribution in [0.25, 0.3) is 0 Å². The number of nitrogen functional groups attached to an aromatic ring is 1. The standard InChI is InChI=1S/C11H11ClFN3/c1-7-5-15-16(11(7)14)6-8-9(12)3-2-4-10(8)13/h2-5H,6,14H2,1H3. The second-order valence-electron chi connectivity index (χ2n) is 3.57. The number of hydrogen-bond donors (Lipinski definition) is 1. The lowest BCUT2D eigenvalue weighted by atomic mass is 10.2. The molecular weight excluding hydrogens is 229 g/mol. The van der Waals surface area contributed by atoms with Crippen molar-refractivity contribution in [2.45, 2.75) is 13.5 Å². The normalized spacial score (nSPS) is 10.7. The van der Waals surface area contributed by atoms with Crippen LogP contribution in [0.3, 0.4) is 0 Å². The maximum absolute atomic E-state index is 13.5. The van der Waals surface area contributed by atoms with Crippen LogP contribution < -0.4 is 5.73 Å². The van der Waals surface area contributed by atoms with Crippen molar-refractivity contribution < 1.29 is 4.39 Å². The summed E-state index contributed by atoms with van der Waals surface area (Å²) in [7, 11) is 0. The van der Waals surface area contributed by atoms with E-state index in [0.717, 1.165) is 5.56 Å². The quantitative estimate of drug-likeness (QED) is 0.876. The number of hydrogen-bond acceptors (Lipinski definition) is 2. The molecule has 1 aromatic carbocycles. The van der Waals surface area contributed by atoms with Gasteiger partial charge in [-0.05, 0) is 19.1 Å². The molecule has 0 fully saturated rings. The topological polar surface area (TPSA) is 43.8 Å². The molecule has 1 aromatic heterocycles. The Bertz CT molecular complexity index is 502. The Balaban J connectivity index is 2.38. The molecule has 84 valence electrons. The molecule has 1 heterocycles. The van der Waals surface area contributed by atoms with Gasteiger partial charge in [-0.2, -0.15) is 5.10 Å². The third kappa shape index (κ3) is 1.88. The molecule has 0 aliphatic heterocycles. The van der Waals surface area contributed by atoms with Gasteiger partial charge in [0.1, 0.15) is 11.6 Å². The van der Waals surface area contributed by atoms with Gasteiger partial charge in [-0.1, -0.05) is 17.7 Å². The van der Waals surface area contributed by atoms with Crippen LogP contribution in [0.1, 0.15) is 11.1 Å². The zero-order valence-electron chi connectivity index (χ0n) is 8.74. The molecule has 0 bridgehead atoms. The summed E-state index contributed by atoms with van der Waals surface area (Å²) in [5.74, 6) is 0.180. The Morgan fingerprint density at radius 2 is 2.25 bits per heavy atom. The average Bonchev–Trinajstić information content (AvgIpc) is 2.55. The largest absolute Gasteiger partial charge is 0.384 e. The first-order valence-electron chi connectivity index (χ1n) is 4.80. The van der Waals surface area contributed by atoms with E-state index in [1.807, 2.05) is 6.92 Å². The number of nitrogens with two attached hydrogens (primary N) is 1. The van der Waals surface area contributed by atoms with Crippen molar-refractivity contribution >= 4 is 17.4 Å². The number of rotatable bonds is 2. The number of anilines is 1. The Kier molecular flexibility index (Phi) is 2.83. The number of aryl methyl sites for hydroxylation is 1. The van der Waals surface area contributed by atoms with Crippen LogP contribution in [0, 0.1) is 12.7 Å². The van der Waals surface area contributed by atoms with Crippen molar-refractivity contribution in [3.05, 3.63) is 46.4 Å². The first-order chi connectivity index (χ1) is 7.59. The molecular formula is C11H11ClFN3. The van der Waals surface area contributed by atoms with Gasteiger partial charge in [0.25, 0.3) is 0 Å². The molecule has 0 aliphatic carbocycles. The van der Waals surface area contributed by atoms with Crippen LogP contribution in [-0.4, -0.2) is 9.78 Å². The van der Waals surface area contributed by atoms with E-state index in [9.17, 15) is 4.39 Å². The van der Waals surface area contributed by atoms with Crippen LogP contribution in [0.4, 0.5) is 10.2 Å². The van der Waals surface area contributed by atoms with Crippen LogP contribution >= 0.6 is 11.6 Å². The fraction of sp³-hybridized carbons (Fsp3) is 0.182. The molecule has 0 spiro atoms. The lowest BCUT2D eigenvalue weighted by Gasteiger charge is -2.07. The van der Waals surface area contributed by atoms with Gasteiger partial charge < -0.3 is 5.73 Å². The second kappa shape index (κ2) is 4.14. The summed E-state index contributed by atoms with van der Waals surface area (Å²) >= 11 is 5.92. The van der Waals surface area contributed by atoms with E-state index in [0.29, 0.717) is 16.4 Å². The molecule has 16 heavy (non-hydrogen) atoms. The minimum absolute atomic E-state index is 0.241. The van der Waals surface area contributed by atoms with E-state index in [1.54, 1.807) is 18.3 Å². The summed E-state index contributed by atoms with van der Waals surface area (Å²) in [5, 5.41) is 4.44. The highest BCUT2D eigenvalue weighted by atomic mass is 35.5. The number of aromatic nitrogens is 2. The van der Waals surface area contributed by atoms with E-state index in [-0.39, 0.29) is 12.4 Å². The van der Waals surface area contributed by atoms with Crippen molar-refractivity contribution in [2.75, 3.05) is 5.73 Å². The molecule has 0 atom stereocenters. The average molecular weight is 240 g/mol. The van der Waals surface area contributed by atoms with Crippen molar-refractivity contribution in [1.82, 2.24) is 9.78 Å². The smallest absolute Gasteiger partial charge is 0.129 e. The molecule has 0 saturated carbocycles. The van der Waals surface area contributed by atoms with E-state index in [1.165, 1.54) is 10.7 Å². The van der Waals surface area contributed by atoms with Gasteiger partial charge in [0.2, 0.25) is 0 Å². The Morgan fingerprint density at radius 1 is 1.50 bits per heavy atom. The van der Waals surface area contributed by atoms with Crippen LogP contribution in [0.5, 0.6) is 0 Å². The predicted molar refractivity (Wildman–Crippen MR) is 61.9 cm³/mol. The zero-order chi connectivity index (χ0) is 11.7. The summed E-state index contributed by atoms with van der Waals surface area (Å²) in [5.41, 5.74) is 7.06. The Hall–Kier alpha value is -1.55. The highest BCUT2D eigenvalue weighted by molar-refractivity contribution is 6.31. The summed E-state index contributed by atoms with van der Waals surface area (Å²) in [4.78, 5) is 0. The van der Waals surface area contributed by atoms with E-state index >= 15 is 0 Å². The number of benzene rings is 1. The van der Waals surface area contributed by atoms with Gasteiger partial charge in [0.05, 0.1) is 12.7 Å². The molecule has 2 rings (SSSR count). The highest BCUT2D eigenvalue weighted by Crippen LogP contribution is 2.21. The number of halogens is 2. The number of nitrogens with zero attached hydrogens (tertiary/aromatic N) is 2. The summed E-state index contributed by atoms with van der Waals surface area (Å²) in [6, 6.07) is 4.58. The minimum Gasteiger partial charge on any atom is -0.384 e. The van der Waals surface area contributed by atoms with Crippen molar-refractivity contribution in [1.29, 1.82) is 0 Å². The first-order valence-corrected chi connectivity index (χ1v) is 5.18. The van der Waals surface area contributed by atoms with Crippen molar-refractivity contribution in [2.24, 2.45) is 0 Å². The fourth-order valence-electron chi connectivity index (χ4n) is 1.45. The van der Waals surface area contributed by atoms with Gasteiger partial charge >= 0.3 is 0 Å². The SMILES string of the molecule is Cc1cnn(Cc2c(F)cccc2Cl)c1N. The van der Waals surface area contributed by atoms with Crippen molar-refractivity contribution in [3.63, 3.8) is 0 Å². The fourth-order valence-corrected chi connectivity index (χ4v) is 1.67. The first kappa shape index (κ1) is 11.0. The van der Waals surface area contributed by atoms with Gasteiger partial charge in [-0.3, -0.25) is 0 Å². The monoisotopic (exact) mass is 239 g/mol. The molecule has 5 heteroatoms. The molecule has 0 radical (unpaired) electrons. The van der Waals surface area contributed by atoms with E-state index in [2.05, 4.69) is 5.10 Å². The molecule has 2 aromatic rings. The zero-order valence-corrected chi connectivity index (χ0v) is 9.50. The Morgan fingerprint density at radius 3 is 2.81 bits per heavy atom. The molecule has 3 nitrogen and oxygen atoms in total. The maximum atomic E-state index is 13.5. The lowest BCUT2D eigenvalue weighted by Crippen LogP contribution is -2.08. The molecule has 0 saturated heterocycles. The molecule has 0 amide bonds. The highest BCUT2D eigenvalue weighted by Gasteiger charge is 2.10. The maximum Gasteiger partial charge on any atom is 0.129 e. The molecule has 0 unspecified atom stereocenters. The summed E-state index contributed by atoms with van der Waals surface area (Å²) < 4.78 is 15.0. The van der Waals surface area contributed by atoms with E-state index < -0.39 is 0 Å². The molecule has 2 N–H and O–H groups in total. The van der Waals surface area contributed by atoms with Gasteiger partial charge in [0.15, 0.2) is 0 Å². The second-order valence-corrected chi connectivity index (χ2v) is 3.98. The third-order valence-corrected chi connectivity index (χ3v) is 2.80. The summed E-state index contributed by atoms with van der Waals surface area (Å²) in [6.07, 6.45) is 1.64. The molecule has 0 aliphatic rings. The lowest BCUT2D eigenvalue weighted by molar-refractivity contribution is 0.588. The van der Waals surface area contributed by atoms with Gasteiger partial charge in [-0.25, -0.2) is 9.07 Å². The predicted octanol–water partition coefficient (Wildman–Crippen LogP) is 2.61. The van der Waals surface area contributed by atoms with Crippen LogP contribution in [0.2, 0.25) is 5.02 Å². The van der Waals surface area contributed by atoms with Gasteiger partial charge in [0, 0.05) is 16.1 Å². The van der Waals surface area contributed by atoms with Crippen molar-refractivity contribution in [3.8, 4) is 0 Å². The Labute approximate surface area is 97.6 Å². The summed E-state index contributed by atoms with van der Waals surface area (Å²) in [6.45, 7) is 2.09. The van der Waals surface area contributed by atoms with Crippen LogP contribution in [0.15, 0.2) is 24.4 Å². The van der Waals surface area contributed by atoms with E-state index in [4.69, 9.17) is 17.3 Å². The van der Waals surface area contributed by atoms with Gasteiger partial charge in [-0.15, -0.1) is 0 Å².